The van der Waals surface area contributed by atoms with Crippen LogP contribution < -0.4 is 10.0 Å². The molecule has 1 amide bonds. The van der Waals surface area contributed by atoms with E-state index in [9.17, 15) is 18.0 Å². The van der Waals surface area contributed by atoms with Crippen LogP contribution in [0.4, 0.5) is 5.69 Å². The number of nitrogens with one attached hydrogen (secondary N) is 2. The average molecular weight is 356 g/mol. The Morgan fingerprint density at radius 3 is 2.36 bits per heavy atom. The van der Waals surface area contributed by atoms with Gasteiger partial charge in [-0.3, -0.25) is 9.59 Å². The fraction of sp³-hybridized carbons (Fsp3) is 0.111. The third-order valence-corrected chi connectivity index (χ3v) is 4.72. The number of amides is 1. The van der Waals surface area contributed by atoms with Gasteiger partial charge in [-0.1, -0.05) is 12.0 Å². The summed E-state index contributed by atoms with van der Waals surface area (Å²) in [6.45, 7) is 1.31. The Kier molecular flexibility index (Phi) is 5.70. The third-order valence-electron chi connectivity index (χ3n) is 3.32. The quantitative estimate of drug-likeness (QED) is 0.612. The van der Waals surface area contributed by atoms with Crippen molar-refractivity contribution in [3.05, 3.63) is 59.7 Å². The maximum atomic E-state index is 12.3. The van der Waals surface area contributed by atoms with Crippen molar-refractivity contribution in [2.75, 3.05) is 11.9 Å². The molecule has 0 saturated carbocycles. The highest BCUT2D eigenvalue weighted by atomic mass is 32.2. The predicted octanol–water partition coefficient (Wildman–Crippen LogP) is 2.05. The van der Waals surface area contributed by atoms with E-state index in [-0.39, 0.29) is 22.8 Å². The summed E-state index contributed by atoms with van der Waals surface area (Å²) in [6.07, 6.45) is 5.04. The molecule has 0 atom stereocenters. The summed E-state index contributed by atoms with van der Waals surface area (Å²) in [4.78, 5) is 23.5. The summed E-state index contributed by atoms with van der Waals surface area (Å²) < 4.78 is 26.3. The fourth-order valence-corrected chi connectivity index (χ4v) is 3.00. The molecule has 0 heterocycles. The molecule has 25 heavy (non-hydrogen) atoms. The van der Waals surface area contributed by atoms with E-state index in [1.807, 2.05) is 0 Å². The van der Waals surface area contributed by atoms with Crippen molar-refractivity contribution in [2.24, 2.45) is 0 Å². The van der Waals surface area contributed by atoms with Crippen LogP contribution in [0.15, 0.2) is 53.4 Å². The van der Waals surface area contributed by atoms with Crippen LogP contribution in [-0.2, 0) is 10.0 Å². The van der Waals surface area contributed by atoms with Crippen molar-refractivity contribution in [1.82, 2.24) is 4.72 Å². The number of Topliss-reactive ketones (excluding diaryl/α,β-unsaturated/α-hetero) is 1. The molecule has 0 saturated heterocycles. The van der Waals surface area contributed by atoms with E-state index in [2.05, 4.69) is 16.0 Å². The SMILES string of the molecule is C#CCNS(=O)(=O)c1cccc(C(=O)Nc2ccc(C(C)=O)cc2)c1. The Bertz CT molecular complexity index is 942. The van der Waals surface area contributed by atoms with E-state index in [1.54, 1.807) is 24.3 Å². The molecule has 2 N–H and O–H groups in total. The van der Waals surface area contributed by atoms with E-state index >= 15 is 0 Å². The molecule has 0 fully saturated rings. The number of anilines is 1. The molecular weight excluding hydrogens is 340 g/mol. The minimum absolute atomic E-state index is 0.0534. The van der Waals surface area contributed by atoms with Gasteiger partial charge in [0.25, 0.3) is 5.91 Å². The number of hydrogen-bond donors (Lipinski definition) is 2. The number of sulfonamides is 1. The normalized spacial score (nSPS) is 10.7. The Hall–Kier alpha value is -2.95. The minimum Gasteiger partial charge on any atom is -0.322 e. The maximum absolute atomic E-state index is 12.3. The summed E-state index contributed by atoms with van der Waals surface area (Å²) in [5.41, 5.74) is 1.21. The van der Waals surface area contributed by atoms with Gasteiger partial charge < -0.3 is 5.32 Å². The second kappa shape index (κ2) is 7.75. The third kappa shape index (κ3) is 4.76. The second-order valence-corrected chi connectivity index (χ2v) is 6.91. The van der Waals surface area contributed by atoms with Crippen molar-refractivity contribution in [2.45, 2.75) is 11.8 Å². The summed E-state index contributed by atoms with van der Waals surface area (Å²) in [5.74, 6) is 1.64. The van der Waals surface area contributed by atoms with Crippen LogP contribution in [0.5, 0.6) is 0 Å². The molecule has 2 aromatic carbocycles. The lowest BCUT2D eigenvalue weighted by Gasteiger charge is -2.08. The second-order valence-electron chi connectivity index (χ2n) is 5.14. The number of rotatable bonds is 6. The molecule has 0 unspecified atom stereocenters. The van der Waals surface area contributed by atoms with Crippen LogP contribution in [0.25, 0.3) is 0 Å². The fourth-order valence-electron chi connectivity index (χ4n) is 2.02. The summed E-state index contributed by atoms with van der Waals surface area (Å²) >= 11 is 0. The monoisotopic (exact) mass is 356 g/mol. The molecule has 2 aromatic rings. The first-order valence-electron chi connectivity index (χ1n) is 7.29. The lowest BCUT2D eigenvalue weighted by Crippen LogP contribution is -2.24. The number of ketones is 1. The molecule has 0 aromatic heterocycles. The molecule has 0 bridgehead atoms. The van der Waals surface area contributed by atoms with Crippen LogP contribution in [0.3, 0.4) is 0 Å². The first kappa shape index (κ1) is 18.4. The molecule has 0 radical (unpaired) electrons. The van der Waals surface area contributed by atoms with Crippen LogP contribution in [0.1, 0.15) is 27.6 Å². The van der Waals surface area contributed by atoms with Gasteiger partial charge >= 0.3 is 0 Å². The number of terminal acetylenes is 1. The largest absolute Gasteiger partial charge is 0.322 e. The van der Waals surface area contributed by atoms with Crippen molar-refractivity contribution >= 4 is 27.4 Å². The van der Waals surface area contributed by atoms with Gasteiger partial charge in [0, 0.05) is 16.8 Å². The number of benzene rings is 2. The Morgan fingerprint density at radius 2 is 1.76 bits per heavy atom. The molecule has 6 nitrogen and oxygen atoms in total. The molecular formula is C18H16N2O4S. The van der Waals surface area contributed by atoms with E-state index < -0.39 is 15.9 Å². The summed E-state index contributed by atoms with van der Waals surface area (Å²) in [7, 11) is -3.78. The zero-order valence-corrected chi connectivity index (χ0v) is 14.3. The van der Waals surface area contributed by atoms with Crippen molar-refractivity contribution in [3.8, 4) is 12.3 Å². The van der Waals surface area contributed by atoms with E-state index in [0.717, 1.165) is 0 Å². The van der Waals surface area contributed by atoms with Gasteiger partial charge in [-0.05, 0) is 49.4 Å². The van der Waals surface area contributed by atoms with Crippen molar-refractivity contribution in [3.63, 3.8) is 0 Å². The standard InChI is InChI=1S/C18H16N2O4S/c1-3-11-19-25(23,24)17-6-4-5-15(12-17)18(22)20-16-9-7-14(8-10-16)13(2)21/h1,4-10,12,19H,11H2,2H3,(H,20,22). The van der Waals surface area contributed by atoms with Gasteiger partial charge in [0.2, 0.25) is 10.0 Å². The number of hydrogen-bond acceptors (Lipinski definition) is 4. The number of carbonyl (C=O) groups excluding carboxylic acids is 2. The van der Waals surface area contributed by atoms with Gasteiger partial charge in [-0.15, -0.1) is 6.42 Å². The predicted molar refractivity (Wildman–Crippen MR) is 94.9 cm³/mol. The molecule has 0 aliphatic rings. The molecule has 7 heteroatoms. The van der Waals surface area contributed by atoms with Gasteiger partial charge in [0.15, 0.2) is 5.78 Å². The van der Waals surface area contributed by atoms with Gasteiger partial charge in [-0.25, -0.2) is 8.42 Å². The zero-order chi connectivity index (χ0) is 18.4. The Balaban J connectivity index is 2.18. The first-order valence-corrected chi connectivity index (χ1v) is 8.77. The summed E-state index contributed by atoms with van der Waals surface area (Å²) in [5, 5.41) is 2.65. The topological polar surface area (TPSA) is 92.3 Å². The Labute approximate surface area is 146 Å². The van der Waals surface area contributed by atoms with Gasteiger partial charge in [-0.2, -0.15) is 4.72 Å². The van der Waals surface area contributed by atoms with Gasteiger partial charge in [0.05, 0.1) is 11.4 Å². The molecule has 0 spiro atoms. The zero-order valence-electron chi connectivity index (χ0n) is 13.4. The highest BCUT2D eigenvalue weighted by Gasteiger charge is 2.15. The molecule has 0 aliphatic heterocycles. The molecule has 128 valence electrons. The summed E-state index contributed by atoms with van der Waals surface area (Å²) in [6, 6.07) is 12.0. The lowest BCUT2D eigenvalue weighted by atomic mass is 10.1. The van der Waals surface area contributed by atoms with E-state index in [0.29, 0.717) is 11.3 Å². The van der Waals surface area contributed by atoms with E-state index in [1.165, 1.54) is 31.2 Å². The van der Waals surface area contributed by atoms with Crippen molar-refractivity contribution in [1.29, 1.82) is 0 Å². The maximum Gasteiger partial charge on any atom is 0.255 e. The smallest absolute Gasteiger partial charge is 0.255 e. The van der Waals surface area contributed by atoms with Crippen LogP contribution >= 0.6 is 0 Å². The van der Waals surface area contributed by atoms with Crippen LogP contribution in [-0.4, -0.2) is 26.7 Å². The highest BCUT2D eigenvalue weighted by Crippen LogP contribution is 2.15. The molecule has 2 rings (SSSR count). The van der Waals surface area contributed by atoms with Gasteiger partial charge in [0.1, 0.15) is 0 Å². The average Bonchev–Trinajstić information content (AvgIpc) is 2.60. The number of carbonyl (C=O) groups is 2. The Morgan fingerprint density at radius 1 is 1.08 bits per heavy atom. The highest BCUT2D eigenvalue weighted by molar-refractivity contribution is 7.89. The lowest BCUT2D eigenvalue weighted by molar-refractivity contribution is 0.101. The minimum atomic E-state index is -3.78. The van der Waals surface area contributed by atoms with Crippen molar-refractivity contribution < 1.29 is 18.0 Å². The van der Waals surface area contributed by atoms with Crippen LogP contribution in [0, 0.1) is 12.3 Å². The molecule has 0 aliphatic carbocycles. The first-order chi connectivity index (χ1) is 11.8. The van der Waals surface area contributed by atoms with Crippen LogP contribution in [0.2, 0.25) is 0 Å². The van der Waals surface area contributed by atoms with E-state index in [4.69, 9.17) is 6.42 Å².